The number of carbonyl (C=O) groups excluding carboxylic acids is 1. The van der Waals surface area contributed by atoms with Crippen molar-refractivity contribution in [2.45, 2.75) is 58.2 Å². The lowest BCUT2D eigenvalue weighted by Gasteiger charge is -2.37. The molecule has 1 saturated carbocycles. The minimum Gasteiger partial charge on any atom is -0.348 e. The summed E-state index contributed by atoms with van der Waals surface area (Å²) in [6, 6.07) is 0. The number of nitrogens with two attached hydrogens (primary N) is 1. The van der Waals surface area contributed by atoms with E-state index in [-0.39, 0.29) is 17.4 Å². The first-order chi connectivity index (χ1) is 9.04. The van der Waals surface area contributed by atoms with Gasteiger partial charge in [-0.25, -0.2) is 0 Å². The molecular weight excluding hydrogens is 242 g/mol. The predicted molar refractivity (Wildman–Crippen MR) is 72.1 cm³/mol. The lowest BCUT2D eigenvalue weighted by molar-refractivity contribution is -0.128. The average Bonchev–Trinajstić information content (AvgIpc) is 2.82. The van der Waals surface area contributed by atoms with Crippen molar-refractivity contribution in [2.24, 2.45) is 11.7 Å². The fourth-order valence-corrected chi connectivity index (χ4v) is 2.76. The normalized spacial score (nSPS) is 27.2. The Morgan fingerprint density at radius 2 is 2.42 bits per heavy atom. The molecule has 0 bridgehead atoms. The van der Waals surface area contributed by atoms with Crippen LogP contribution in [0.15, 0.2) is 6.33 Å². The van der Waals surface area contributed by atoms with Crippen molar-refractivity contribution in [2.75, 3.05) is 0 Å². The molecule has 0 radical (unpaired) electrons. The van der Waals surface area contributed by atoms with Crippen molar-refractivity contribution in [1.82, 2.24) is 20.1 Å². The van der Waals surface area contributed by atoms with Crippen molar-refractivity contribution in [1.29, 1.82) is 0 Å². The highest BCUT2D eigenvalue weighted by Gasteiger charge is 2.37. The van der Waals surface area contributed by atoms with Crippen LogP contribution in [0.2, 0.25) is 0 Å². The van der Waals surface area contributed by atoms with Gasteiger partial charge in [-0.15, -0.1) is 10.2 Å². The molecule has 1 aromatic rings. The Kier molecular flexibility index (Phi) is 4.19. The molecule has 1 heterocycles. The van der Waals surface area contributed by atoms with Gasteiger partial charge in [-0.2, -0.15) is 0 Å². The number of carbonyl (C=O) groups is 1. The molecule has 0 spiro atoms. The van der Waals surface area contributed by atoms with Gasteiger partial charge in [-0.1, -0.05) is 12.8 Å². The lowest BCUT2D eigenvalue weighted by Crippen LogP contribution is -2.52. The fourth-order valence-electron chi connectivity index (χ4n) is 2.76. The Hall–Kier alpha value is -1.43. The topological polar surface area (TPSA) is 85.8 Å². The van der Waals surface area contributed by atoms with Gasteiger partial charge < -0.3 is 15.6 Å². The van der Waals surface area contributed by atoms with Crippen LogP contribution in [0.25, 0.3) is 0 Å². The van der Waals surface area contributed by atoms with E-state index in [0.717, 1.165) is 38.1 Å². The summed E-state index contributed by atoms with van der Waals surface area (Å²) in [4.78, 5) is 12.3. The maximum atomic E-state index is 12.3. The summed E-state index contributed by atoms with van der Waals surface area (Å²) in [5, 5.41) is 10.8. The fraction of sp³-hybridized carbons (Fsp3) is 0.769. The highest BCUT2D eigenvalue weighted by atomic mass is 16.1. The molecule has 2 rings (SSSR count). The van der Waals surface area contributed by atoms with E-state index in [2.05, 4.69) is 15.5 Å². The average molecular weight is 265 g/mol. The van der Waals surface area contributed by atoms with E-state index in [9.17, 15) is 4.79 Å². The molecule has 3 N–H and O–H groups in total. The monoisotopic (exact) mass is 265 g/mol. The van der Waals surface area contributed by atoms with Crippen LogP contribution >= 0.6 is 0 Å². The van der Waals surface area contributed by atoms with Crippen LogP contribution in [0.4, 0.5) is 0 Å². The van der Waals surface area contributed by atoms with Crippen LogP contribution < -0.4 is 11.1 Å². The van der Waals surface area contributed by atoms with Crippen molar-refractivity contribution in [3.63, 3.8) is 0 Å². The second-order valence-electron chi connectivity index (χ2n) is 5.56. The standard InChI is InChI=1S/C13H23N5O/c1-3-18-9-16-17-11(18)8-15-12(19)10-6-4-5-7-13(10,2)14/h9-10H,3-8,14H2,1-2H3,(H,15,19). The summed E-state index contributed by atoms with van der Waals surface area (Å²) in [5.41, 5.74) is 5.85. The van der Waals surface area contributed by atoms with Gasteiger partial charge in [0, 0.05) is 12.1 Å². The number of hydrogen-bond donors (Lipinski definition) is 2. The van der Waals surface area contributed by atoms with Gasteiger partial charge in [0.05, 0.1) is 12.5 Å². The molecule has 1 amide bonds. The maximum Gasteiger partial charge on any atom is 0.225 e. The minimum atomic E-state index is -0.388. The highest BCUT2D eigenvalue weighted by molar-refractivity contribution is 5.80. The SMILES string of the molecule is CCn1cnnc1CNC(=O)C1CCCCC1(C)N. The van der Waals surface area contributed by atoms with Gasteiger partial charge in [0.1, 0.15) is 6.33 Å². The molecule has 0 aliphatic heterocycles. The molecule has 1 aliphatic carbocycles. The summed E-state index contributed by atoms with van der Waals surface area (Å²) < 4.78 is 1.92. The van der Waals surface area contributed by atoms with E-state index < -0.39 is 0 Å². The number of aryl methyl sites for hydroxylation is 1. The van der Waals surface area contributed by atoms with Crippen LogP contribution in [-0.2, 0) is 17.9 Å². The third-order valence-corrected chi connectivity index (χ3v) is 4.03. The summed E-state index contributed by atoms with van der Waals surface area (Å²) in [7, 11) is 0. The molecule has 2 unspecified atom stereocenters. The summed E-state index contributed by atoms with van der Waals surface area (Å²) in [5.74, 6) is 0.722. The second-order valence-corrected chi connectivity index (χ2v) is 5.56. The second kappa shape index (κ2) is 5.69. The Morgan fingerprint density at radius 3 is 3.11 bits per heavy atom. The van der Waals surface area contributed by atoms with Crippen LogP contribution in [-0.4, -0.2) is 26.2 Å². The van der Waals surface area contributed by atoms with Crippen molar-refractivity contribution in [3.8, 4) is 0 Å². The summed E-state index contributed by atoms with van der Waals surface area (Å²) in [6.07, 6.45) is 5.65. The van der Waals surface area contributed by atoms with Gasteiger partial charge in [0.2, 0.25) is 5.91 Å². The zero-order valence-corrected chi connectivity index (χ0v) is 11.7. The largest absolute Gasteiger partial charge is 0.348 e. The third kappa shape index (κ3) is 3.12. The highest BCUT2D eigenvalue weighted by Crippen LogP contribution is 2.31. The molecule has 0 aromatic carbocycles. The zero-order chi connectivity index (χ0) is 13.9. The first-order valence-electron chi connectivity index (χ1n) is 6.98. The van der Waals surface area contributed by atoms with Crippen molar-refractivity contribution in [3.05, 3.63) is 12.2 Å². The van der Waals surface area contributed by atoms with Crippen LogP contribution in [0.1, 0.15) is 45.4 Å². The van der Waals surface area contributed by atoms with Gasteiger partial charge in [-0.05, 0) is 26.7 Å². The van der Waals surface area contributed by atoms with E-state index >= 15 is 0 Å². The molecule has 19 heavy (non-hydrogen) atoms. The Labute approximate surface area is 113 Å². The van der Waals surface area contributed by atoms with Gasteiger partial charge in [-0.3, -0.25) is 4.79 Å². The maximum absolute atomic E-state index is 12.3. The number of hydrogen-bond acceptors (Lipinski definition) is 4. The molecule has 0 saturated heterocycles. The zero-order valence-electron chi connectivity index (χ0n) is 11.7. The first kappa shape index (κ1) is 14.0. The number of nitrogens with one attached hydrogen (secondary N) is 1. The number of aromatic nitrogens is 3. The molecule has 1 aromatic heterocycles. The van der Waals surface area contributed by atoms with Crippen LogP contribution in [0.3, 0.4) is 0 Å². The number of nitrogens with zero attached hydrogens (tertiary/aromatic N) is 3. The molecule has 6 heteroatoms. The van der Waals surface area contributed by atoms with Gasteiger partial charge >= 0.3 is 0 Å². The smallest absolute Gasteiger partial charge is 0.225 e. The minimum absolute atomic E-state index is 0.0374. The Bertz CT molecular complexity index is 440. The number of amides is 1. The predicted octanol–water partition coefficient (Wildman–Crippen LogP) is 0.822. The summed E-state index contributed by atoms with van der Waals surface area (Å²) >= 11 is 0. The van der Waals surface area contributed by atoms with E-state index in [0.29, 0.717) is 6.54 Å². The van der Waals surface area contributed by atoms with Crippen LogP contribution in [0, 0.1) is 5.92 Å². The van der Waals surface area contributed by atoms with Crippen molar-refractivity contribution < 1.29 is 4.79 Å². The lowest BCUT2D eigenvalue weighted by atomic mass is 9.74. The molecular formula is C13H23N5O. The van der Waals surface area contributed by atoms with E-state index in [1.807, 2.05) is 18.4 Å². The van der Waals surface area contributed by atoms with E-state index in [4.69, 9.17) is 5.73 Å². The van der Waals surface area contributed by atoms with E-state index in [1.165, 1.54) is 0 Å². The molecule has 6 nitrogen and oxygen atoms in total. The van der Waals surface area contributed by atoms with Crippen LogP contribution in [0.5, 0.6) is 0 Å². The summed E-state index contributed by atoms with van der Waals surface area (Å²) in [6.45, 7) is 5.22. The van der Waals surface area contributed by atoms with Gasteiger partial charge in [0.25, 0.3) is 0 Å². The van der Waals surface area contributed by atoms with E-state index in [1.54, 1.807) is 6.33 Å². The Balaban J connectivity index is 1.94. The van der Waals surface area contributed by atoms with Gasteiger partial charge in [0.15, 0.2) is 5.82 Å². The first-order valence-corrected chi connectivity index (χ1v) is 6.98. The molecule has 2 atom stereocenters. The third-order valence-electron chi connectivity index (χ3n) is 4.03. The van der Waals surface area contributed by atoms with Crippen molar-refractivity contribution >= 4 is 5.91 Å². The molecule has 1 aliphatic rings. The Morgan fingerprint density at radius 1 is 1.63 bits per heavy atom. The quantitative estimate of drug-likeness (QED) is 0.844. The number of rotatable bonds is 4. The molecule has 1 fully saturated rings. The molecule has 106 valence electrons.